The van der Waals surface area contributed by atoms with Gasteiger partial charge >= 0.3 is 0 Å². The molecule has 0 saturated carbocycles. The van der Waals surface area contributed by atoms with Crippen molar-refractivity contribution in [3.05, 3.63) is 50.4 Å². The van der Waals surface area contributed by atoms with E-state index in [1.165, 1.54) is 16.7 Å². The number of carbonyl (C=O) groups is 1. The van der Waals surface area contributed by atoms with E-state index in [2.05, 4.69) is 22.6 Å². The molecule has 9 heteroatoms. The van der Waals surface area contributed by atoms with E-state index in [0.29, 0.717) is 45.4 Å². The lowest BCUT2D eigenvalue weighted by atomic mass is 10.2. The Hall–Kier alpha value is -1.98. The molecule has 1 aliphatic rings. The number of halogens is 1. The van der Waals surface area contributed by atoms with Crippen LogP contribution in [0.1, 0.15) is 5.56 Å². The molecule has 1 heterocycles. The van der Waals surface area contributed by atoms with Crippen molar-refractivity contribution in [2.45, 2.75) is 0 Å². The zero-order chi connectivity index (χ0) is 21.7. The van der Waals surface area contributed by atoms with Gasteiger partial charge in [0.05, 0.1) is 22.7 Å². The minimum atomic E-state index is -0.104. The molecule has 0 atom stereocenters. The van der Waals surface area contributed by atoms with Crippen molar-refractivity contribution in [2.75, 3.05) is 34.5 Å². The fourth-order valence-electron chi connectivity index (χ4n) is 2.69. The van der Waals surface area contributed by atoms with Crippen LogP contribution in [0, 0.1) is 3.57 Å². The van der Waals surface area contributed by atoms with E-state index in [-0.39, 0.29) is 5.91 Å². The van der Waals surface area contributed by atoms with Crippen LogP contribution in [-0.4, -0.2) is 49.6 Å². The van der Waals surface area contributed by atoms with Crippen molar-refractivity contribution in [2.24, 2.45) is 0 Å². The van der Waals surface area contributed by atoms with E-state index in [0.717, 1.165) is 9.13 Å². The molecule has 0 aliphatic carbocycles. The average Bonchev–Trinajstić information content (AvgIpc) is 2.98. The Morgan fingerprint density at radius 3 is 2.37 bits per heavy atom. The molecule has 1 aliphatic heterocycles. The van der Waals surface area contributed by atoms with Gasteiger partial charge in [-0.2, -0.15) is 0 Å². The van der Waals surface area contributed by atoms with Gasteiger partial charge < -0.3 is 18.9 Å². The van der Waals surface area contributed by atoms with E-state index in [4.69, 9.17) is 31.2 Å². The van der Waals surface area contributed by atoms with Crippen LogP contribution < -0.4 is 18.9 Å². The second-order valence-corrected chi connectivity index (χ2v) is 8.96. The molecule has 0 bridgehead atoms. The maximum absolute atomic E-state index is 12.2. The lowest BCUT2D eigenvalue weighted by molar-refractivity contribution is -0.121. The third-order valence-corrected chi connectivity index (χ3v) is 6.48. The first-order chi connectivity index (χ1) is 14.4. The van der Waals surface area contributed by atoms with E-state index >= 15 is 0 Å². The largest absolute Gasteiger partial charge is 0.493 e. The number of amides is 1. The molecule has 158 valence electrons. The molecule has 1 saturated heterocycles. The number of para-hydroxylation sites is 2. The molecule has 0 radical (unpaired) electrons. The second-order valence-electron chi connectivity index (χ2n) is 6.12. The average molecular weight is 557 g/mol. The Balaban J connectivity index is 1.69. The van der Waals surface area contributed by atoms with Gasteiger partial charge in [-0.25, -0.2) is 0 Å². The summed E-state index contributed by atoms with van der Waals surface area (Å²) in [6.45, 7) is 0.679. The summed E-state index contributed by atoms with van der Waals surface area (Å²) in [4.78, 5) is 14.3. The van der Waals surface area contributed by atoms with Crippen molar-refractivity contribution >= 4 is 62.9 Å². The number of methoxy groups -OCH3 is 2. The third-order valence-electron chi connectivity index (χ3n) is 4.19. The Kier molecular flexibility index (Phi) is 7.84. The number of rotatable bonds is 8. The lowest BCUT2D eigenvalue weighted by Gasteiger charge is -2.15. The van der Waals surface area contributed by atoms with Gasteiger partial charge in [-0.15, -0.1) is 0 Å². The Labute approximate surface area is 198 Å². The van der Waals surface area contributed by atoms with Crippen LogP contribution in [-0.2, 0) is 4.79 Å². The van der Waals surface area contributed by atoms with Gasteiger partial charge in [0.1, 0.15) is 17.5 Å². The topological polar surface area (TPSA) is 57.2 Å². The van der Waals surface area contributed by atoms with Crippen LogP contribution >= 0.6 is 46.6 Å². The van der Waals surface area contributed by atoms with Crippen molar-refractivity contribution in [1.82, 2.24) is 4.90 Å². The summed E-state index contributed by atoms with van der Waals surface area (Å²) in [7, 11) is 4.86. The normalized spacial score (nSPS) is 14.9. The summed E-state index contributed by atoms with van der Waals surface area (Å²) in [6.07, 6.45) is 1.81. The van der Waals surface area contributed by atoms with E-state index in [1.54, 1.807) is 21.3 Å². The molecule has 0 unspecified atom stereocenters. The van der Waals surface area contributed by atoms with Gasteiger partial charge in [-0.05, 0) is 58.5 Å². The molecule has 3 rings (SSSR count). The monoisotopic (exact) mass is 557 g/mol. The number of nitrogens with zero attached hydrogens (tertiary/aromatic N) is 1. The fourth-order valence-corrected chi connectivity index (χ4v) is 4.65. The van der Waals surface area contributed by atoms with Crippen LogP contribution in [0.5, 0.6) is 23.0 Å². The number of thioether (sulfide) groups is 1. The van der Waals surface area contributed by atoms with Crippen LogP contribution in [0.15, 0.2) is 41.3 Å². The number of thiocarbonyl (C=S) groups is 1. The molecule has 30 heavy (non-hydrogen) atoms. The highest BCUT2D eigenvalue weighted by Gasteiger charge is 2.28. The molecule has 0 spiro atoms. The van der Waals surface area contributed by atoms with Gasteiger partial charge in [-0.3, -0.25) is 9.69 Å². The summed E-state index contributed by atoms with van der Waals surface area (Å²) in [5.41, 5.74) is 0.836. The zero-order valence-electron chi connectivity index (χ0n) is 16.6. The second kappa shape index (κ2) is 10.4. The molecular weight excluding hydrogens is 537 g/mol. The van der Waals surface area contributed by atoms with E-state index in [1.807, 2.05) is 42.5 Å². The minimum absolute atomic E-state index is 0.104. The Morgan fingerprint density at radius 2 is 1.73 bits per heavy atom. The van der Waals surface area contributed by atoms with E-state index < -0.39 is 0 Å². The quantitative estimate of drug-likeness (QED) is 0.204. The van der Waals surface area contributed by atoms with Crippen LogP contribution in [0.25, 0.3) is 6.08 Å². The molecule has 6 nitrogen and oxygen atoms in total. The number of hydrogen-bond donors (Lipinski definition) is 0. The number of likely N-dealkylation sites (N-methyl/N-ethyl adjacent to an activating group) is 1. The number of hydrogen-bond acceptors (Lipinski definition) is 7. The first kappa shape index (κ1) is 22.7. The van der Waals surface area contributed by atoms with Crippen LogP contribution in [0.4, 0.5) is 0 Å². The SMILES string of the molecule is COc1ccccc1OCCOc1c(I)cc(C=C2SC(=S)N(C)C2=O)cc1OC. The zero-order valence-corrected chi connectivity index (χ0v) is 20.4. The first-order valence-electron chi connectivity index (χ1n) is 8.92. The number of benzene rings is 2. The van der Waals surface area contributed by atoms with Crippen LogP contribution in [0.2, 0.25) is 0 Å². The molecule has 1 fully saturated rings. The maximum Gasteiger partial charge on any atom is 0.265 e. The summed E-state index contributed by atoms with van der Waals surface area (Å²) < 4.78 is 23.8. The van der Waals surface area contributed by atoms with E-state index in [9.17, 15) is 4.79 Å². The van der Waals surface area contributed by atoms with Crippen molar-refractivity contribution in [3.8, 4) is 23.0 Å². The molecule has 2 aromatic rings. The Bertz CT molecular complexity index is 995. The van der Waals surface area contributed by atoms with Crippen LogP contribution in [0.3, 0.4) is 0 Å². The predicted molar refractivity (Wildman–Crippen MR) is 131 cm³/mol. The number of ether oxygens (including phenoxy) is 4. The molecule has 2 aromatic carbocycles. The lowest BCUT2D eigenvalue weighted by Crippen LogP contribution is -2.22. The highest BCUT2D eigenvalue weighted by Crippen LogP contribution is 2.37. The molecule has 1 amide bonds. The molecule has 0 N–H and O–H groups in total. The minimum Gasteiger partial charge on any atom is -0.493 e. The molecule has 0 aromatic heterocycles. The summed E-state index contributed by atoms with van der Waals surface area (Å²) in [5.74, 6) is 2.44. The standard InChI is InChI=1S/C21H20INO5S2/c1-23-20(24)18(30-21(23)29)12-13-10-14(22)19(17(11-13)26-3)28-9-8-27-16-7-5-4-6-15(16)25-2/h4-7,10-12H,8-9H2,1-3H3. The predicted octanol–water partition coefficient (Wildman–Crippen LogP) is 4.60. The van der Waals surface area contributed by atoms with Gasteiger partial charge in [0.25, 0.3) is 5.91 Å². The van der Waals surface area contributed by atoms with Gasteiger partial charge in [-0.1, -0.05) is 36.1 Å². The fraction of sp³-hybridized carbons (Fsp3) is 0.238. The maximum atomic E-state index is 12.2. The van der Waals surface area contributed by atoms with Gasteiger partial charge in [0.2, 0.25) is 0 Å². The number of carbonyl (C=O) groups excluding carboxylic acids is 1. The summed E-state index contributed by atoms with van der Waals surface area (Å²) in [6, 6.07) is 11.2. The Morgan fingerprint density at radius 1 is 1.07 bits per heavy atom. The van der Waals surface area contributed by atoms with Crippen molar-refractivity contribution in [1.29, 1.82) is 0 Å². The highest BCUT2D eigenvalue weighted by atomic mass is 127. The van der Waals surface area contributed by atoms with Gasteiger partial charge in [0, 0.05) is 7.05 Å². The summed E-state index contributed by atoms with van der Waals surface area (Å²) in [5, 5.41) is 0. The van der Waals surface area contributed by atoms with Crippen molar-refractivity contribution < 1.29 is 23.7 Å². The van der Waals surface area contributed by atoms with Gasteiger partial charge in [0.15, 0.2) is 23.0 Å². The van der Waals surface area contributed by atoms with Crippen molar-refractivity contribution in [3.63, 3.8) is 0 Å². The smallest absolute Gasteiger partial charge is 0.265 e. The first-order valence-corrected chi connectivity index (χ1v) is 11.2. The third kappa shape index (κ3) is 5.19. The summed E-state index contributed by atoms with van der Waals surface area (Å²) >= 11 is 8.65. The highest BCUT2D eigenvalue weighted by molar-refractivity contribution is 14.1. The molecular formula is C21H20INO5S2.